The summed E-state index contributed by atoms with van der Waals surface area (Å²) in [5.41, 5.74) is 2.31. The fourth-order valence-corrected chi connectivity index (χ4v) is 9.66. The molecule has 3 heteroatoms. The average Bonchev–Trinajstić information content (AvgIpc) is 3.16. The van der Waals surface area contributed by atoms with Crippen LogP contribution in [-0.2, 0) is 9.47 Å². The third-order valence-corrected chi connectivity index (χ3v) is 11.3. The van der Waals surface area contributed by atoms with Gasteiger partial charge in [-0.3, -0.25) is 0 Å². The number of allylic oxidation sites excluding steroid dienone is 1. The van der Waals surface area contributed by atoms with Crippen molar-refractivity contribution >= 4 is 0 Å². The largest absolute Gasteiger partial charge is 0.393 e. The molecule has 1 N–H and O–H groups in total. The second kappa shape index (κ2) is 6.58. The van der Waals surface area contributed by atoms with Gasteiger partial charge in [-0.1, -0.05) is 39.3 Å². The SMILES string of the molecule is CC1CC[C@@]2(OC1)O[C@H]1CC3[C@@H]4CC=C5C[C@@H](O)CC[C@]5(C)[C@H]4CC[C@]3(C)[C@H]1[C@@H]2C. The van der Waals surface area contributed by atoms with Gasteiger partial charge in [-0.05, 0) is 91.8 Å². The van der Waals surface area contributed by atoms with Gasteiger partial charge >= 0.3 is 0 Å². The minimum Gasteiger partial charge on any atom is -0.393 e. The van der Waals surface area contributed by atoms with Crippen molar-refractivity contribution < 1.29 is 14.6 Å². The predicted molar refractivity (Wildman–Crippen MR) is 118 cm³/mol. The van der Waals surface area contributed by atoms with Gasteiger partial charge in [0.15, 0.2) is 5.79 Å². The van der Waals surface area contributed by atoms with Crippen LogP contribution in [0.4, 0.5) is 0 Å². The van der Waals surface area contributed by atoms with Crippen molar-refractivity contribution in [1.82, 2.24) is 0 Å². The van der Waals surface area contributed by atoms with Crippen LogP contribution in [0.5, 0.6) is 0 Å². The molecule has 6 aliphatic rings. The molecule has 0 aromatic carbocycles. The van der Waals surface area contributed by atoms with E-state index >= 15 is 0 Å². The van der Waals surface area contributed by atoms with Crippen LogP contribution in [0.25, 0.3) is 0 Å². The molecule has 0 amide bonds. The molecule has 11 atom stereocenters. The first-order valence-corrected chi connectivity index (χ1v) is 13.0. The highest BCUT2D eigenvalue weighted by Gasteiger charge is 2.68. The van der Waals surface area contributed by atoms with E-state index in [1.165, 1.54) is 38.5 Å². The summed E-state index contributed by atoms with van der Waals surface area (Å²) in [6, 6.07) is 0. The van der Waals surface area contributed by atoms with E-state index in [-0.39, 0.29) is 11.9 Å². The molecular weight excluding hydrogens is 372 g/mol. The lowest BCUT2D eigenvalue weighted by Gasteiger charge is -2.58. The normalized spacial score (nSPS) is 59.8. The Kier molecular flexibility index (Phi) is 4.44. The number of fused-ring (bicyclic) bond motifs is 7. The van der Waals surface area contributed by atoms with Crippen molar-refractivity contribution in [3.63, 3.8) is 0 Å². The Bertz CT molecular complexity index is 736. The van der Waals surface area contributed by atoms with E-state index in [1.807, 2.05) is 0 Å². The second-order valence-corrected chi connectivity index (χ2v) is 12.7. The zero-order chi connectivity index (χ0) is 20.9. The van der Waals surface area contributed by atoms with E-state index in [2.05, 4.69) is 33.8 Å². The minimum absolute atomic E-state index is 0.107. The molecule has 0 bridgehead atoms. The Morgan fingerprint density at radius 1 is 1.03 bits per heavy atom. The van der Waals surface area contributed by atoms with Gasteiger partial charge in [-0.15, -0.1) is 0 Å². The molecule has 4 aliphatic carbocycles. The van der Waals surface area contributed by atoms with E-state index in [0.29, 0.717) is 34.7 Å². The van der Waals surface area contributed by atoms with Gasteiger partial charge in [-0.2, -0.15) is 0 Å². The monoisotopic (exact) mass is 414 g/mol. The van der Waals surface area contributed by atoms with Crippen molar-refractivity contribution in [3.05, 3.63) is 11.6 Å². The summed E-state index contributed by atoms with van der Waals surface area (Å²) >= 11 is 0. The molecule has 3 saturated carbocycles. The van der Waals surface area contributed by atoms with Gasteiger partial charge in [0.1, 0.15) is 0 Å². The molecule has 2 unspecified atom stereocenters. The maximum atomic E-state index is 10.3. The summed E-state index contributed by atoms with van der Waals surface area (Å²) < 4.78 is 13.3. The van der Waals surface area contributed by atoms with Crippen LogP contribution in [0.1, 0.15) is 85.5 Å². The highest BCUT2D eigenvalue weighted by Crippen LogP contribution is 2.70. The number of hydrogen-bond donors (Lipinski definition) is 1. The van der Waals surface area contributed by atoms with Crippen molar-refractivity contribution in [2.75, 3.05) is 6.61 Å². The summed E-state index contributed by atoms with van der Waals surface area (Å²) in [4.78, 5) is 0. The fourth-order valence-electron chi connectivity index (χ4n) is 9.66. The first-order valence-electron chi connectivity index (χ1n) is 13.0. The zero-order valence-corrected chi connectivity index (χ0v) is 19.5. The molecule has 0 radical (unpaired) electrons. The molecule has 6 rings (SSSR count). The second-order valence-electron chi connectivity index (χ2n) is 12.7. The topological polar surface area (TPSA) is 38.7 Å². The van der Waals surface area contributed by atoms with E-state index in [1.54, 1.807) is 5.57 Å². The average molecular weight is 415 g/mol. The molecule has 2 heterocycles. The first kappa shape index (κ1) is 20.2. The lowest BCUT2D eigenvalue weighted by molar-refractivity contribution is -0.272. The molecule has 30 heavy (non-hydrogen) atoms. The quantitative estimate of drug-likeness (QED) is 0.516. The molecule has 5 fully saturated rings. The minimum atomic E-state index is -0.294. The lowest BCUT2D eigenvalue weighted by Crippen LogP contribution is -2.52. The van der Waals surface area contributed by atoms with Crippen LogP contribution in [0, 0.1) is 46.3 Å². The molecule has 2 saturated heterocycles. The van der Waals surface area contributed by atoms with Gasteiger partial charge < -0.3 is 14.6 Å². The molecule has 1 spiro atoms. The summed E-state index contributed by atoms with van der Waals surface area (Å²) in [6.45, 7) is 10.8. The summed E-state index contributed by atoms with van der Waals surface area (Å²) in [7, 11) is 0. The smallest absolute Gasteiger partial charge is 0.171 e. The Labute approximate surface area is 183 Å². The lowest BCUT2D eigenvalue weighted by atomic mass is 9.47. The molecular formula is C27H42O3. The number of ether oxygens (including phenoxy) is 2. The van der Waals surface area contributed by atoms with Crippen LogP contribution >= 0.6 is 0 Å². The van der Waals surface area contributed by atoms with Crippen LogP contribution in [0.15, 0.2) is 11.6 Å². The third kappa shape index (κ3) is 2.55. The van der Waals surface area contributed by atoms with E-state index < -0.39 is 0 Å². The Balaban J connectivity index is 1.28. The Hall–Kier alpha value is -0.380. The third-order valence-electron chi connectivity index (χ3n) is 11.3. The van der Waals surface area contributed by atoms with Gasteiger partial charge in [0.25, 0.3) is 0 Å². The summed E-state index contributed by atoms with van der Waals surface area (Å²) in [6.07, 6.45) is 13.5. The molecule has 0 aromatic rings. The standard InChI is InChI=1S/C27H42O3/c1-16-7-12-27(29-15-16)17(2)24-23(30-27)14-22-20-6-5-18-13-19(28)8-10-25(18,3)21(20)9-11-26(22,24)4/h5,16-17,19-24,28H,6-15H2,1-4H3/t16?,17-,19-,20+,21-,22?,23-,24-,25-,26-,27+/m0/s1. The van der Waals surface area contributed by atoms with Crippen molar-refractivity contribution in [2.45, 2.75) is 103 Å². The van der Waals surface area contributed by atoms with Gasteiger partial charge in [0.2, 0.25) is 0 Å². The van der Waals surface area contributed by atoms with Crippen LogP contribution in [0.2, 0.25) is 0 Å². The Morgan fingerprint density at radius 3 is 2.63 bits per heavy atom. The predicted octanol–water partition coefficient (Wildman–Crippen LogP) is 5.71. The van der Waals surface area contributed by atoms with E-state index in [9.17, 15) is 5.11 Å². The van der Waals surface area contributed by atoms with Crippen LogP contribution in [-0.4, -0.2) is 29.7 Å². The van der Waals surface area contributed by atoms with Gasteiger partial charge in [0.05, 0.1) is 18.8 Å². The van der Waals surface area contributed by atoms with Crippen molar-refractivity contribution in [2.24, 2.45) is 46.3 Å². The zero-order valence-electron chi connectivity index (χ0n) is 19.5. The van der Waals surface area contributed by atoms with Crippen molar-refractivity contribution in [3.8, 4) is 0 Å². The highest BCUT2D eigenvalue weighted by molar-refractivity contribution is 5.26. The summed E-state index contributed by atoms with van der Waals surface area (Å²) in [5, 5.41) is 10.3. The number of hydrogen-bond acceptors (Lipinski definition) is 3. The molecule has 0 aromatic heterocycles. The highest BCUT2D eigenvalue weighted by atomic mass is 16.7. The fraction of sp³-hybridized carbons (Fsp3) is 0.926. The number of aliphatic hydroxyl groups is 1. The first-order chi connectivity index (χ1) is 14.3. The molecule has 2 aliphatic heterocycles. The number of aliphatic hydroxyl groups excluding tert-OH is 1. The van der Waals surface area contributed by atoms with Gasteiger partial charge in [-0.25, -0.2) is 0 Å². The van der Waals surface area contributed by atoms with Crippen LogP contribution < -0.4 is 0 Å². The molecule has 3 nitrogen and oxygen atoms in total. The Morgan fingerprint density at radius 2 is 1.87 bits per heavy atom. The summed E-state index contributed by atoms with van der Waals surface area (Å²) in [5.74, 6) is 3.94. The van der Waals surface area contributed by atoms with Gasteiger partial charge in [0, 0.05) is 12.3 Å². The number of rotatable bonds is 0. The molecule has 168 valence electrons. The maximum Gasteiger partial charge on any atom is 0.171 e. The van der Waals surface area contributed by atoms with E-state index in [4.69, 9.17) is 9.47 Å². The van der Waals surface area contributed by atoms with Crippen LogP contribution in [0.3, 0.4) is 0 Å². The van der Waals surface area contributed by atoms with Crippen molar-refractivity contribution in [1.29, 1.82) is 0 Å². The van der Waals surface area contributed by atoms with E-state index in [0.717, 1.165) is 43.6 Å². The maximum absolute atomic E-state index is 10.3.